The van der Waals surface area contributed by atoms with Gasteiger partial charge in [0.2, 0.25) is 17.7 Å². The number of hydrogen-bond acceptors (Lipinski definition) is 8. The van der Waals surface area contributed by atoms with Crippen molar-refractivity contribution in [2.24, 2.45) is 17.3 Å². The van der Waals surface area contributed by atoms with Gasteiger partial charge in [0.15, 0.2) is 15.6 Å². The number of ether oxygens (including phenoxy) is 2. The average Bonchev–Trinajstić information content (AvgIpc) is 3.89. The molecule has 0 spiro atoms. The van der Waals surface area contributed by atoms with Gasteiger partial charge in [0, 0.05) is 35.2 Å². The van der Waals surface area contributed by atoms with Crippen LogP contribution in [0.15, 0.2) is 43.1 Å². The largest absolute Gasteiger partial charge is 0.472 e. The summed E-state index contributed by atoms with van der Waals surface area (Å²) >= 11 is 0. The van der Waals surface area contributed by atoms with E-state index >= 15 is 0 Å². The van der Waals surface area contributed by atoms with E-state index in [9.17, 15) is 31.6 Å². The van der Waals surface area contributed by atoms with Crippen molar-refractivity contribution in [1.82, 2.24) is 15.2 Å². The van der Waals surface area contributed by atoms with E-state index in [4.69, 9.17) is 4.74 Å². The summed E-state index contributed by atoms with van der Waals surface area (Å²) in [5.74, 6) is -2.94. The smallest absolute Gasteiger partial charge is 0.387 e. The van der Waals surface area contributed by atoms with E-state index in [1.807, 2.05) is 20.8 Å². The molecule has 5 atom stereocenters. The number of nitrogens with zero attached hydrogens (tertiary/aromatic N) is 2. The molecule has 3 aliphatic rings. The van der Waals surface area contributed by atoms with Gasteiger partial charge in [0.1, 0.15) is 29.2 Å². The molecule has 10 nitrogen and oxygen atoms in total. The lowest BCUT2D eigenvalue weighted by Gasteiger charge is -2.33. The highest BCUT2D eigenvalue weighted by atomic mass is 32.2. The molecule has 13 heteroatoms. The van der Waals surface area contributed by atoms with Gasteiger partial charge in [0.25, 0.3) is 0 Å². The summed E-state index contributed by atoms with van der Waals surface area (Å²) < 4.78 is 62.1. The maximum absolute atomic E-state index is 13.9. The van der Waals surface area contributed by atoms with Crippen molar-refractivity contribution in [2.45, 2.75) is 82.9 Å². The molecule has 5 rings (SSSR count). The van der Waals surface area contributed by atoms with Crippen molar-refractivity contribution < 1.29 is 41.1 Å². The van der Waals surface area contributed by atoms with Crippen LogP contribution >= 0.6 is 0 Å². The number of carbonyl (C=O) groups excluding carboxylic acids is 3. The number of hydrogen-bond donors (Lipinski definition) is 1. The van der Waals surface area contributed by atoms with Crippen LogP contribution in [-0.4, -0.2) is 77.7 Å². The van der Waals surface area contributed by atoms with Gasteiger partial charge in [-0.25, -0.2) is 13.4 Å². The summed E-state index contributed by atoms with van der Waals surface area (Å²) in [5, 5.41) is 3.07. The summed E-state index contributed by atoms with van der Waals surface area (Å²) in [6.45, 7) is 8.29. The fraction of sp³-hybridized carbons (Fsp3) is 0.562. The lowest BCUT2D eigenvalue weighted by Crippen LogP contribution is -2.55. The first kappa shape index (κ1) is 32.8. The van der Waals surface area contributed by atoms with Gasteiger partial charge >= 0.3 is 6.61 Å². The number of halogens is 2. The minimum atomic E-state index is -3.62. The monoisotopic (exact) mass is 647 g/mol. The number of ketones is 1. The van der Waals surface area contributed by atoms with Crippen molar-refractivity contribution >= 4 is 38.2 Å². The first-order valence-corrected chi connectivity index (χ1v) is 16.8. The second-order valence-electron chi connectivity index (χ2n) is 13.4. The van der Waals surface area contributed by atoms with Crippen LogP contribution < -0.4 is 14.8 Å². The summed E-state index contributed by atoms with van der Waals surface area (Å²) in [4.78, 5) is 46.8. The third-order valence-electron chi connectivity index (χ3n) is 9.25. The molecular formula is C32H39F2N3O7S. The number of nitrogens with one attached hydrogen (secondary N) is 1. The third-order valence-corrected chi connectivity index (χ3v) is 11.4. The van der Waals surface area contributed by atoms with Crippen molar-refractivity contribution in [3.05, 3.63) is 43.1 Å². The summed E-state index contributed by atoms with van der Waals surface area (Å²) in [6, 6.07) is 5.09. The van der Waals surface area contributed by atoms with E-state index in [0.717, 1.165) is 0 Å². The molecule has 2 amide bonds. The van der Waals surface area contributed by atoms with Crippen LogP contribution in [0.5, 0.6) is 11.6 Å². The number of fused-ring (bicyclic) bond motifs is 1. The van der Waals surface area contributed by atoms with Crippen LogP contribution in [0.4, 0.5) is 8.78 Å². The molecule has 0 bridgehead atoms. The molecule has 244 valence electrons. The molecule has 2 aromatic rings. The number of benzene rings is 1. The average molecular weight is 648 g/mol. The standard InChI is InChI=1S/C32H39F2N3O7S/c1-6-19-15-32(19,26(38)17-45(41,42)21-10-11-21)36-27(39)24-14-20(16-37(24)29(40)18(2)31(3,4)5)43-28-23-8-7-9-25(44-30(33)34)22(23)12-13-35-28/h6-9,12-13,18-21,24,30H,1,10-11,14-17H2,2-5H3,(H,36,39)/t18-,19-,20-,24+,32-/m1/s1. The lowest BCUT2D eigenvalue weighted by molar-refractivity contribution is -0.144. The molecule has 1 saturated heterocycles. The quantitative estimate of drug-likeness (QED) is 0.341. The predicted molar refractivity (Wildman–Crippen MR) is 163 cm³/mol. The number of aromatic nitrogens is 1. The number of alkyl halides is 2. The number of rotatable bonds is 12. The van der Waals surface area contributed by atoms with Crippen molar-refractivity contribution in [2.75, 3.05) is 12.3 Å². The molecular weight excluding hydrogens is 608 g/mol. The molecule has 1 aromatic heterocycles. The molecule has 3 fully saturated rings. The first-order valence-electron chi connectivity index (χ1n) is 15.1. The molecule has 1 aliphatic heterocycles. The molecule has 1 N–H and O–H groups in total. The fourth-order valence-corrected chi connectivity index (χ4v) is 7.58. The van der Waals surface area contributed by atoms with E-state index < -0.39 is 74.1 Å². The Morgan fingerprint density at radius 3 is 2.51 bits per heavy atom. The van der Waals surface area contributed by atoms with Crippen LogP contribution in [0.2, 0.25) is 0 Å². The van der Waals surface area contributed by atoms with Crippen molar-refractivity contribution in [1.29, 1.82) is 0 Å². The highest BCUT2D eigenvalue weighted by Crippen LogP contribution is 2.46. The SMILES string of the molecule is C=C[C@@H]1C[C@]1(NC(=O)[C@@H]1C[C@@H](Oc2nccc3c(OC(F)F)cccc23)CN1C(=O)[C@@H](C)C(C)(C)C)C(=O)CS(=O)(=O)C1CC1. The van der Waals surface area contributed by atoms with Crippen LogP contribution in [0.1, 0.15) is 53.4 Å². The van der Waals surface area contributed by atoms with Gasteiger partial charge in [-0.3, -0.25) is 14.4 Å². The minimum Gasteiger partial charge on any atom is -0.472 e. The van der Waals surface area contributed by atoms with E-state index in [0.29, 0.717) is 23.6 Å². The zero-order chi connectivity index (χ0) is 32.9. The Labute approximate surface area is 261 Å². The molecule has 0 unspecified atom stereocenters. The predicted octanol–water partition coefficient (Wildman–Crippen LogP) is 4.07. The topological polar surface area (TPSA) is 132 Å². The second kappa shape index (κ2) is 12.0. The minimum absolute atomic E-state index is 0.0323. The first-order chi connectivity index (χ1) is 21.1. The van der Waals surface area contributed by atoms with Gasteiger partial charge in [-0.1, -0.05) is 39.8 Å². The van der Waals surface area contributed by atoms with Gasteiger partial charge in [-0.15, -0.1) is 6.58 Å². The Morgan fingerprint density at radius 2 is 1.91 bits per heavy atom. The second-order valence-corrected chi connectivity index (χ2v) is 15.6. The summed E-state index contributed by atoms with van der Waals surface area (Å²) in [5.41, 5.74) is -1.82. The number of amides is 2. The molecule has 2 heterocycles. The van der Waals surface area contributed by atoms with Gasteiger partial charge < -0.3 is 19.7 Å². The zero-order valence-electron chi connectivity index (χ0n) is 25.8. The summed E-state index contributed by atoms with van der Waals surface area (Å²) in [6.07, 6.45) is 3.56. The lowest BCUT2D eigenvalue weighted by atomic mass is 9.81. The maximum atomic E-state index is 13.9. The van der Waals surface area contributed by atoms with Gasteiger partial charge in [0.05, 0.1) is 11.8 Å². The maximum Gasteiger partial charge on any atom is 0.387 e. The van der Waals surface area contributed by atoms with Crippen molar-refractivity contribution in [3.8, 4) is 11.6 Å². The zero-order valence-corrected chi connectivity index (χ0v) is 26.6. The molecule has 0 radical (unpaired) electrons. The Kier molecular flexibility index (Phi) is 8.71. The fourth-order valence-electron chi connectivity index (χ4n) is 5.86. The number of pyridine rings is 1. The Bertz CT molecular complexity index is 1620. The van der Waals surface area contributed by atoms with E-state index in [-0.39, 0.29) is 36.9 Å². The number of Topliss-reactive ketones (excluding diaryl/α,β-unsaturated/α-hetero) is 1. The Morgan fingerprint density at radius 1 is 1.20 bits per heavy atom. The van der Waals surface area contributed by atoms with Gasteiger partial charge in [-0.05, 0) is 42.9 Å². The molecule has 1 aromatic carbocycles. The molecule has 2 aliphatic carbocycles. The van der Waals surface area contributed by atoms with E-state index in [2.05, 4.69) is 21.6 Å². The third kappa shape index (κ3) is 6.68. The highest BCUT2D eigenvalue weighted by Gasteiger charge is 2.61. The normalized spacial score (nSPS) is 25.6. The molecule has 45 heavy (non-hydrogen) atoms. The van der Waals surface area contributed by atoms with E-state index in [1.165, 1.54) is 35.4 Å². The van der Waals surface area contributed by atoms with Crippen LogP contribution in [0.25, 0.3) is 10.8 Å². The van der Waals surface area contributed by atoms with Gasteiger partial charge in [-0.2, -0.15) is 8.78 Å². The number of likely N-dealkylation sites (tertiary alicyclic amines) is 1. The Balaban J connectivity index is 1.40. The van der Waals surface area contributed by atoms with Crippen LogP contribution in [-0.2, 0) is 24.2 Å². The van der Waals surface area contributed by atoms with Crippen molar-refractivity contribution in [3.63, 3.8) is 0 Å². The Hall–Kier alpha value is -3.61. The summed E-state index contributed by atoms with van der Waals surface area (Å²) in [7, 11) is -3.62. The number of sulfone groups is 1. The molecule has 2 saturated carbocycles. The number of carbonyl (C=O) groups is 3. The van der Waals surface area contributed by atoms with Crippen LogP contribution in [0.3, 0.4) is 0 Å². The van der Waals surface area contributed by atoms with Crippen LogP contribution in [0, 0.1) is 17.3 Å². The highest BCUT2D eigenvalue weighted by molar-refractivity contribution is 7.93. The van der Waals surface area contributed by atoms with E-state index in [1.54, 1.807) is 13.0 Å².